The molecule has 0 saturated carbocycles. The van der Waals surface area contributed by atoms with Crippen LogP contribution in [0.1, 0.15) is 53.2 Å². The number of aryl methyl sites for hydroxylation is 2. The monoisotopic (exact) mass is 378 g/mol. The second kappa shape index (κ2) is 9.00. The zero-order valence-electron chi connectivity index (χ0n) is 16.0. The highest BCUT2D eigenvalue weighted by atomic mass is 32.1. The molecule has 2 aliphatic rings. The van der Waals surface area contributed by atoms with Crippen LogP contribution in [0.5, 0.6) is 0 Å². The number of amides is 2. The van der Waals surface area contributed by atoms with Gasteiger partial charge in [-0.2, -0.15) is 0 Å². The van der Waals surface area contributed by atoms with Crippen LogP contribution in [0.3, 0.4) is 0 Å². The number of likely N-dealkylation sites (tertiary alicyclic amines) is 1. The molecule has 0 aromatic carbocycles. The second-order valence-electron chi connectivity index (χ2n) is 7.19. The number of piperidine rings is 1. The molecule has 0 N–H and O–H groups in total. The van der Waals surface area contributed by atoms with Crippen LogP contribution >= 0.6 is 11.3 Å². The first-order valence-corrected chi connectivity index (χ1v) is 10.7. The quantitative estimate of drug-likeness (QED) is 0.791. The summed E-state index contributed by atoms with van der Waals surface area (Å²) < 4.78 is 5.34. The van der Waals surface area contributed by atoms with Gasteiger partial charge in [-0.05, 0) is 37.3 Å². The van der Waals surface area contributed by atoms with Gasteiger partial charge in [0.1, 0.15) is 0 Å². The summed E-state index contributed by atoms with van der Waals surface area (Å²) >= 11 is 1.65. The topological polar surface area (TPSA) is 49.9 Å². The van der Waals surface area contributed by atoms with E-state index in [1.807, 2.05) is 9.80 Å². The second-order valence-corrected chi connectivity index (χ2v) is 8.33. The van der Waals surface area contributed by atoms with E-state index < -0.39 is 0 Å². The van der Waals surface area contributed by atoms with Crippen LogP contribution in [0.4, 0.5) is 0 Å². The summed E-state index contributed by atoms with van der Waals surface area (Å²) in [5.41, 5.74) is 1.30. The molecule has 1 atom stereocenters. The van der Waals surface area contributed by atoms with E-state index >= 15 is 0 Å². The third-order valence-electron chi connectivity index (χ3n) is 5.35. The molecule has 144 valence electrons. The van der Waals surface area contributed by atoms with E-state index in [2.05, 4.69) is 19.9 Å². The SMILES string of the molecule is CCCc1sc(C(=O)N2CCCC(C(=O)N3CCOCC3)C2)cc1CC. The van der Waals surface area contributed by atoms with E-state index in [1.165, 1.54) is 10.4 Å². The fourth-order valence-corrected chi connectivity index (χ4v) is 5.19. The van der Waals surface area contributed by atoms with Gasteiger partial charge < -0.3 is 14.5 Å². The van der Waals surface area contributed by atoms with Crippen molar-refractivity contribution in [2.75, 3.05) is 39.4 Å². The summed E-state index contributed by atoms with van der Waals surface area (Å²) in [6.07, 6.45) is 4.89. The lowest BCUT2D eigenvalue weighted by Crippen LogP contribution is -2.49. The molecule has 1 aromatic heterocycles. The van der Waals surface area contributed by atoms with Gasteiger partial charge in [0.2, 0.25) is 5.91 Å². The lowest BCUT2D eigenvalue weighted by molar-refractivity contribution is -0.141. The van der Waals surface area contributed by atoms with Crippen molar-refractivity contribution in [2.24, 2.45) is 5.92 Å². The average Bonchev–Trinajstić information content (AvgIpc) is 3.11. The van der Waals surface area contributed by atoms with Crippen molar-refractivity contribution >= 4 is 23.2 Å². The first-order valence-electron chi connectivity index (χ1n) is 9.91. The lowest BCUT2D eigenvalue weighted by atomic mass is 9.96. The van der Waals surface area contributed by atoms with Gasteiger partial charge in [-0.15, -0.1) is 11.3 Å². The molecular weight excluding hydrogens is 348 g/mol. The molecule has 26 heavy (non-hydrogen) atoms. The van der Waals surface area contributed by atoms with Crippen LogP contribution < -0.4 is 0 Å². The average molecular weight is 379 g/mol. The fourth-order valence-electron chi connectivity index (χ4n) is 3.87. The summed E-state index contributed by atoms with van der Waals surface area (Å²) in [7, 11) is 0. The Bertz CT molecular complexity index is 637. The van der Waals surface area contributed by atoms with Gasteiger partial charge >= 0.3 is 0 Å². The summed E-state index contributed by atoms with van der Waals surface area (Å²) in [5, 5.41) is 0. The molecular formula is C20H30N2O3S. The first-order chi connectivity index (χ1) is 12.6. The summed E-state index contributed by atoms with van der Waals surface area (Å²) in [6.45, 7) is 8.22. The molecule has 0 bridgehead atoms. The highest BCUT2D eigenvalue weighted by molar-refractivity contribution is 7.14. The number of morpholine rings is 1. The predicted octanol–water partition coefficient (Wildman–Crippen LogP) is 2.97. The molecule has 1 unspecified atom stereocenters. The third kappa shape index (κ3) is 4.29. The largest absolute Gasteiger partial charge is 0.378 e. The highest BCUT2D eigenvalue weighted by Gasteiger charge is 2.32. The Hall–Kier alpha value is -1.40. The standard InChI is InChI=1S/C20H30N2O3S/c1-3-6-17-15(4-2)13-18(26-17)20(24)22-8-5-7-16(14-22)19(23)21-9-11-25-12-10-21/h13,16H,3-12,14H2,1-2H3. The molecule has 0 spiro atoms. The number of hydrogen-bond donors (Lipinski definition) is 0. The summed E-state index contributed by atoms with van der Waals surface area (Å²) in [6, 6.07) is 2.07. The Morgan fingerprint density at radius 3 is 2.65 bits per heavy atom. The maximum Gasteiger partial charge on any atom is 0.263 e. The van der Waals surface area contributed by atoms with E-state index in [0.717, 1.165) is 43.5 Å². The molecule has 6 heteroatoms. The molecule has 5 nitrogen and oxygen atoms in total. The molecule has 3 rings (SSSR count). The minimum Gasteiger partial charge on any atom is -0.378 e. The van der Waals surface area contributed by atoms with Gasteiger partial charge in [0.15, 0.2) is 0 Å². The van der Waals surface area contributed by atoms with E-state index in [9.17, 15) is 9.59 Å². The van der Waals surface area contributed by atoms with E-state index in [0.29, 0.717) is 32.8 Å². The van der Waals surface area contributed by atoms with Gasteiger partial charge in [-0.1, -0.05) is 20.3 Å². The maximum absolute atomic E-state index is 13.0. The molecule has 3 heterocycles. The predicted molar refractivity (Wildman–Crippen MR) is 104 cm³/mol. The van der Waals surface area contributed by atoms with Gasteiger partial charge in [-0.3, -0.25) is 9.59 Å². The highest BCUT2D eigenvalue weighted by Crippen LogP contribution is 2.28. The zero-order chi connectivity index (χ0) is 18.5. The Kier molecular flexibility index (Phi) is 6.70. The van der Waals surface area contributed by atoms with Crippen molar-refractivity contribution in [1.82, 2.24) is 9.80 Å². The molecule has 1 aromatic rings. The third-order valence-corrected chi connectivity index (χ3v) is 6.57. The number of carbonyl (C=O) groups excluding carboxylic acids is 2. The van der Waals surface area contributed by atoms with Crippen molar-refractivity contribution in [3.8, 4) is 0 Å². The van der Waals surface area contributed by atoms with Crippen molar-refractivity contribution in [2.45, 2.75) is 46.0 Å². The number of rotatable bonds is 5. The smallest absolute Gasteiger partial charge is 0.263 e. The van der Waals surface area contributed by atoms with E-state index in [1.54, 1.807) is 11.3 Å². The van der Waals surface area contributed by atoms with E-state index in [-0.39, 0.29) is 17.7 Å². The molecule has 0 aliphatic carbocycles. The molecule has 0 radical (unpaired) electrons. The maximum atomic E-state index is 13.0. The Morgan fingerprint density at radius 2 is 1.96 bits per heavy atom. The van der Waals surface area contributed by atoms with Gasteiger partial charge in [-0.25, -0.2) is 0 Å². The Labute approximate surface area is 160 Å². The van der Waals surface area contributed by atoms with Crippen molar-refractivity contribution in [3.05, 3.63) is 21.4 Å². The van der Waals surface area contributed by atoms with Crippen LogP contribution in [0.25, 0.3) is 0 Å². The molecule has 2 aliphatic heterocycles. The number of nitrogens with zero attached hydrogens (tertiary/aromatic N) is 2. The number of hydrogen-bond acceptors (Lipinski definition) is 4. The molecule has 2 saturated heterocycles. The Morgan fingerprint density at radius 1 is 1.19 bits per heavy atom. The van der Waals surface area contributed by atoms with E-state index in [4.69, 9.17) is 4.74 Å². The van der Waals surface area contributed by atoms with Crippen molar-refractivity contribution in [3.63, 3.8) is 0 Å². The van der Waals surface area contributed by atoms with Gasteiger partial charge in [0.25, 0.3) is 5.91 Å². The number of thiophene rings is 1. The minimum absolute atomic E-state index is 0.0634. The molecule has 2 amide bonds. The Balaban J connectivity index is 1.66. The number of carbonyl (C=O) groups is 2. The molecule has 2 fully saturated rings. The van der Waals surface area contributed by atoms with Crippen LogP contribution in [0.2, 0.25) is 0 Å². The van der Waals surface area contributed by atoms with Crippen LogP contribution in [0, 0.1) is 5.92 Å². The van der Waals surface area contributed by atoms with Crippen LogP contribution in [-0.2, 0) is 22.4 Å². The van der Waals surface area contributed by atoms with Crippen LogP contribution in [0.15, 0.2) is 6.07 Å². The minimum atomic E-state index is -0.0634. The summed E-state index contributed by atoms with van der Waals surface area (Å²) in [5.74, 6) is 0.232. The van der Waals surface area contributed by atoms with Gasteiger partial charge in [0.05, 0.1) is 24.0 Å². The normalized spacial score (nSPS) is 21.1. The number of ether oxygens (including phenoxy) is 1. The zero-order valence-corrected chi connectivity index (χ0v) is 16.8. The van der Waals surface area contributed by atoms with Gasteiger partial charge in [0, 0.05) is 31.1 Å². The lowest BCUT2D eigenvalue weighted by Gasteiger charge is -2.36. The first kappa shape index (κ1) is 19.4. The van der Waals surface area contributed by atoms with Crippen molar-refractivity contribution < 1.29 is 14.3 Å². The summed E-state index contributed by atoms with van der Waals surface area (Å²) in [4.78, 5) is 31.8. The van der Waals surface area contributed by atoms with Crippen molar-refractivity contribution in [1.29, 1.82) is 0 Å². The van der Waals surface area contributed by atoms with Crippen LogP contribution in [-0.4, -0.2) is 61.0 Å². The fraction of sp³-hybridized carbons (Fsp3) is 0.700.